The summed E-state index contributed by atoms with van der Waals surface area (Å²) in [5.74, 6) is 0.223. The molecule has 21 heavy (non-hydrogen) atoms. The van der Waals surface area contributed by atoms with Crippen LogP contribution < -0.4 is 5.32 Å². The summed E-state index contributed by atoms with van der Waals surface area (Å²) in [5, 5.41) is 12.9. The fourth-order valence-electron chi connectivity index (χ4n) is 2.80. The number of rotatable bonds is 7. The van der Waals surface area contributed by atoms with Gasteiger partial charge in [-0.25, -0.2) is 4.39 Å². The van der Waals surface area contributed by atoms with Gasteiger partial charge in [-0.3, -0.25) is 0 Å². The van der Waals surface area contributed by atoms with Crippen LogP contribution in [-0.2, 0) is 0 Å². The molecule has 0 spiro atoms. The summed E-state index contributed by atoms with van der Waals surface area (Å²) in [6.07, 6.45) is 2.87. The molecule has 1 saturated heterocycles. The quantitative estimate of drug-likeness (QED) is 0.758. The number of aliphatic hydroxyl groups is 1. The molecule has 1 aromatic rings. The highest BCUT2D eigenvalue weighted by atomic mass is 19.1. The van der Waals surface area contributed by atoms with Crippen LogP contribution in [0.25, 0.3) is 0 Å². The van der Waals surface area contributed by atoms with Crippen LogP contribution in [0.4, 0.5) is 4.39 Å². The van der Waals surface area contributed by atoms with Gasteiger partial charge in [-0.1, -0.05) is 19.1 Å². The smallest absolute Gasteiger partial charge is 0.123 e. The van der Waals surface area contributed by atoms with Crippen LogP contribution in [0.5, 0.6) is 0 Å². The van der Waals surface area contributed by atoms with Gasteiger partial charge in [0.15, 0.2) is 0 Å². The Hall–Kier alpha value is -0.970. The minimum absolute atomic E-state index is 0.0871. The van der Waals surface area contributed by atoms with Crippen molar-refractivity contribution in [1.29, 1.82) is 0 Å². The van der Waals surface area contributed by atoms with E-state index in [0.717, 1.165) is 52.0 Å². The highest BCUT2D eigenvalue weighted by Gasteiger charge is 2.15. The summed E-state index contributed by atoms with van der Waals surface area (Å²) in [7, 11) is 0. The first-order valence-electron chi connectivity index (χ1n) is 8.02. The van der Waals surface area contributed by atoms with Gasteiger partial charge in [0.1, 0.15) is 5.82 Å². The molecule has 0 radical (unpaired) electrons. The van der Waals surface area contributed by atoms with Gasteiger partial charge in [0, 0.05) is 19.6 Å². The summed E-state index contributed by atoms with van der Waals surface area (Å²) in [4.78, 5) is 2.43. The van der Waals surface area contributed by atoms with Gasteiger partial charge in [0.25, 0.3) is 0 Å². The topological polar surface area (TPSA) is 35.5 Å². The van der Waals surface area contributed by atoms with Gasteiger partial charge in [-0.15, -0.1) is 0 Å². The summed E-state index contributed by atoms with van der Waals surface area (Å²) >= 11 is 0. The largest absolute Gasteiger partial charge is 0.393 e. The maximum absolute atomic E-state index is 12.9. The van der Waals surface area contributed by atoms with Gasteiger partial charge in [0.05, 0.1) is 6.10 Å². The first kappa shape index (κ1) is 16.4. The zero-order valence-electron chi connectivity index (χ0n) is 12.9. The molecule has 2 N–H and O–H groups in total. The Morgan fingerprint density at radius 3 is 2.62 bits per heavy atom. The molecule has 1 fully saturated rings. The number of likely N-dealkylation sites (tertiary alicyclic amines) is 1. The minimum atomic E-state index is -0.175. The van der Waals surface area contributed by atoms with E-state index in [1.54, 1.807) is 0 Å². The van der Waals surface area contributed by atoms with E-state index in [0.29, 0.717) is 5.92 Å². The van der Waals surface area contributed by atoms with Crippen molar-refractivity contribution in [3.63, 3.8) is 0 Å². The molecule has 3 nitrogen and oxygen atoms in total. The molecule has 4 heteroatoms. The lowest BCUT2D eigenvalue weighted by atomic mass is 10.0. The van der Waals surface area contributed by atoms with Crippen LogP contribution in [-0.4, -0.2) is 48.8 Å². The molecule has 118 valence electrons. The predicted octanol–water partition coefficient (Wildman–Crippen LogP) is 2.37. The summed E-state index contributed by atoms with van der Waals surface area (Å²) < 4.78 is 12.9. The molecule has 1 atom stereocenters. The van der Waals surface area contributed by atoms with Gasteiger partial charge in [-0.2, -0.15) is 0 Å². The second-order valence-corrected chi connectivity index (χ2v) is 6.08. The Morgan fingerprint density at radius 2 is 1.95 bits per heavy atom. The standard InChI is InChI=1S/C17H27FN2O/c1-14(15-3-5-16(18)6-4-15)13-19-9-2-10-20-11-7-17(21)8-12-20/h3-6,14,17,19,21H,2,7-13H2,1H3. The van der Waals surface area contributed by atoms with Gasteiger partial charge in [-0.05, 0) is 56.0 Å². The number of aliphatic hydroxyl groups excluding tert-OH is 1. The monoisotopic (exact) mass is 294 g/mol. The number of hydrogen-bond donors (Lipinski definition) is 2. The fourth-order valence-corrected chi connectivity index (χ4v) is 2.80. The maximum atomic E-state index is 12.9. The summed E-state index contributed by atoms with van der Waals surface area (Å²) in [6.45, 7) is 7.23. The van der Waals surface area contributed by atoms with Crippen molar-refractivity contribution in [1.82, 2.24) is 10.2 Å². The van der Waals surface area contributed by atoms with Crippen molar-refractivity contribution >= 4 is 0 Å². The zero-order chi connectivity index (χ0) is 15.1. The lowest BCUT2D eigenvalue weighted by molar-refractivity contribution is 0.0821. The van der Waals surface area contributed by atoms with Crippen molar-refractivity contribution < 1.29 is 9.50 Å². The third-order valence-electron chi connectivity index (χ3n) is 4.27. The second-order valence-electron chi connectivity index (χ2n) is 6.08. The van der Waals surface area contributed by atoms with Crippen LogP contribution in [0, 0.1) is 5.82 Å². The zero-order valence-corrected chi connectivity index (χ0v) is 12.9. The number of halogens is 1. The van der Waals surface area contributed by atoms with Crippen molar-refractivity contribution in [3.05, 3.63) is 35.6 Å². The number of nitrogens with one attached hydrogen (secondary N) is 1. The molecule has 0 aliphatic carbocycles. The molecule has 0 bridgehead atoms. The Kier molecular flexibility index (Phi) is 6.61. The van der Waals surface area contributed by atoms with Crippen LogP contribution >= 0.6 is 0 Å². The highest BCUT2D eigenvalue weighted by molar-refractivity contribution is 5.20. The predicted molar refractivity (Wildman–Crippen MR) is 84.0 cm³/mol. The van der Waals surface area contributed by atoms with Crippen molar-refractivity contribution in [2.75, 3.05) is 32.7 Å². The molecule has 0 aromatic heterocycles. The average molecular weight is 294 g/mol. The van der Waals surface area contributed by atoms with Crippen molar-refractivity contribution in [2.45, 2.75) is 38.2 Å². The third-order valence-corrected chi connectivity index (χ3v) is 4.27. The number of nitrogens with zero attached hydrogens (tertiary/aromatic N) is 1. The average Bonchev–Trinajstić information content (AvgIpc) is 2.49. The molecular weight excluding hydrogens is 267 g/mol. The Labute approximate surface area is 127 Å². The Balaban J connectivity index is 1.56. The molecule has 1 aliphatic rings. The number of piperidine rings is 1. The van der Waals surface area contributed by atoms with Crippen LogP contribution in [0.3, 0.4) is 0 Å². The van der Waals surface area contributed by atoms with Crippen molar-refractivity contribution in [2.24, 2.45) is 0 Å². The van der Waals surface area contributed by atoms with E-state index < -0.39 is 0 Å². The Bertz CT molecular complexity index is 402. The molecule has 1 unspecified atom stereocenters. The van der Waals surface area contributed by atoms with E-state index in [1.165, 1.54) is 17.7 Å². The molecular formula is C17H27FN2O. The minimum Gasteiger partial charge on any atom is -0.393 e. The van der Waals surface area contributed by atoms with E-state index in [1.807, 2.05) is 12.1 Å². The number of hydrogen-bond acceptors (Lipinski definition) is 3. The van der Waals surface area contributed by atoms with E-state index in [2.05, 4.69) is 17.1 Å². The first-order chi connectivity index (χ1) is 10.1. The van der Waals surface area contributed by atoms with Crippen LogP contribution in [0.2, 0.25) is 0 Å². The van der Waals surface area contributed by atoms with E-state index in [-0.39, 0.29) is 11.9 Å². The molecule has 1 heterocycles. The van der Waals surface area contributed by atoms with E-state index in [4.69, 9.17) is 0 Å². The lowest BCUT2D eigenvalue weighted by Crippen LogP contribution is -2.37. The molecule has 0 amide bonds. The normalized spacial score (nSPS) is 18.8. The maximum Gasteiger partial charge on any atom is 0.123 e. The molecule has 0 saturated carbocycles. The van der Waals surface area contributed by atoms with E-state index >= 15 is 0 Å². The van der Waals surface area contributed by atoms with E-state index in [9.17, 15) is 9.50 Å². The van der Waals surface area contributed by atoms with Gasteiger partial charge < -0.3 is 15.3 Å². The molecule has 2 rings (SSSR count). The molecule has 1 aromatic carbocycles. The summed E-state index contributed by atoms with van der Waals surface area (Å²) in [5.41, 5.74) is 1.17. The second kappa shape index (κ2) is 8.47. The van der Waals surface area contributed by atoms with Crippen LogP contribution in [0.15, 0.2) is 24.3 Å². The first-order valence-corrected chi connectivity index (χ1v) is 8.02. The SMILES string of the molecule is CC(CNCCCN1CCC(O)CC1)c1ccc(F)cc1. The molecule has 1 aliphatic heterocycles. The highest BCUT2D eigenvalue weighted by Crippen LogP contribution is 2.14. The number of benzene rings is 1. The fraction of sp³-hybridized carbons (Fsp3) is 0.647. The Morgan fingerprint density at radius 1 is 1.29 bits per heavy atom. The third kappa shape index (κ3) is 5.73. The lowest BCUT2D eigenvalue weighted by Gasteiger charge is -2.29. The summed E-state index contributed by atoms with van der Waals surface area (Å²) in [6, 6.07) is 6.77. The van der Waals surface area contributed by atoms with Crippen LogP contribution in [0.1, 0.15) is 37.7 Å². The van der Waals surface area contributed by atoms with Gasteiger partial charge >= 0.3 is 0 Å². The van der Waals surface area contributed by atoms with Gasteiger partial charge in [0.2, 0.25) is 0 Å². The van der Waals surface area contributed by atoms with Crippen molar-refractivity contribution in [3.8, 4) is 0 Å².